The third-order valence-electron chi connectivity index (χ3n) is 3.13. The van der Waals surface area contributed by atoms with Crippen LogP contribution in [0.25, 0.3) is 0 Å². The van der Waals surface area contributed by atoms with E-state index >= 15 is 0 Å². The highest BCUT2D eigenvalue weighted by Crippen LogP contribution is 2.30. The maximum atomic E-state index is 5.85. The summed E-state index contributed by atoms with van der Waals surface area (Å²) in [4.78, 5) is 1.41. The molecule has 84 valence electrons. The Bertz CT molecular complexity index is 304. The van der Waals surface area contributed by atoms with Gasteiger partial charge in [-0.3, -0.25) is 0 Å². The minimum atomic E-state index is 0.358. The van der Waals surface area contributed by atoms with E-state index in [1.807, 2.05) is 18.4 Å². The van der Waals surface area contributed by atoms with Crippen molar-refractivity contribution in [2.45, 2.75) is 38.3 Å². The lowest BCUT2D eigenvalue weighted by Gasteiger charge is -2.30. The number of nitrogens with one attached hydrogen (secondary N) is 1. The largest absolute Gasteiger partial charge is 0.376 e. The normalized spacial score (nSPS) is 24.0. The van der Waals surface area contributed by atoms with Crippen LogP contribution in [0.1, 0.15) is 35.7 Å². The van der Waals surface area contributed by atoms with E-state index in [1.54, 1.807) is 0 Å². The number of hydrogen-bond donors (Lipinski definition) is 1. The van der Waals surface area contributed by atoms with Gasteiger partial charge in [-0.25, -0.2) is 0 Å². The molecule has 0 bridgehead atoms. The molecule has 1 aliphatic heterocycles. The van der Waals surface area contributed by atoms with Crippen LogP contribution in [0.5, 0.6) is 0 Å². The van der Waals surface area contributed by atoms with Gasteiger partial charge in [0.15, 0.2) is 0 Å². The zero-order valence-corrected chi connectivity index (χ0v) is 10.3. The number of ether oxygens (including phenoxy) is 1. The first kappa shape index (κ1) is 11.1. The molecule has 0 amide bonds. The summed E-state index contributed by atoms with van der Waals surface area (Å²) in [5.74, 6) is 0. The van der Waals surface area contributed by atoms with E-state index in [2.05, 4.69) is 23.7 Å². The molecule has 0 aromatic carbocycles. The molecule has 3 heteroatoms. The molecule has 15 heavy (non-hydrogen) atoms. The molecule has 1 N–H and O–H groups in total. The summed E-state index contributed by atoms with van der Waals surface area (Å²) in [5.41, 5.74) is 1.41. The first-order chi connectivity index (χ1) is 7.33. The molecule has 2 rings (SSSR count). The highest BCUT2D eigenvalue weighted by atomic mass is 32.1. The number of aryl methyl sites for hydroxylation is 1. The highest BCUT2D eigenvalue weighted by molar-refractivity contribution is 7.10. The Morgan fingerprint density at radius 1 is 1.53 bits per heavy atom. The van der Waals surface area contributed by atoms with Gasteiger partial charge in [0.1, 0.15) is 0 Å². The van der Waals surface area contributed by atoms with Crippen molar-refractivity contribution in [3.63, 3.8) is 0 Å². The quantitative estimate of drug-likeness (QED) is 0.854. The summed E-state index contributed by atoms with van der Waals surface area (Å²) in [7, 11) is 2.03. The van der Waals surface area contributed by atoms with Crippen LogP contribution in [0.4, 0.5) is 0 Å². The van der Waals surface area contributed by atoms with Crippen molar-refractivity contribution in [3.8, 4) is 0 Å². The Morgan fingerprint density at radius 3 is 2.93 bits per heavy atom. The fourth-order valence-corrected chi connectivity index (χ4v) is 3.04. The van der Waals surface area contributed by atoms with Gasteiger partial charge in [-0.15, -0.1) is 11.3 Å². The third kappa shape index (κ3) is 2.41. The van der Waals surface area contributed by atoms with Gasteiger partial charge in [0.05, 0.1) is 12.1 Å². The van der Waals surface area contributed by atoms with Crippen LogP contribution in [-0.2, 0) is 4.74 Å². The van der Waals surface area contributed by atoms with E-state index < -0.39 is 0 Å². The molecule has 0 spiro atoms. The Morgan fingerprint density at radius 2 is 2.40 bits per heavy atom. The average Bonchev–Trinajstić information content (AvgIpc) is 2.68. The van der Waals surface area contributed by atoms with Crippen LogP contribution in [0, 0.1) is 6.92 Å². The molecule has 0 aliphatic carbocycles. The molecule has 0 radical (unpaired) electrons. The van der Waals surface area contributed by atoms with E-state index in [-0.39, 0.29) is 0 Å². The monoisotopic (exact) mass is 225 g/mol. The van der Waals surface area contributed by atoms with Gasteiger partial charge in [0, 0.05) is 11.5 Å². The van der Waals surface area contributed by atoms with Crippen molar-refractivity contribution < 1.29 is 4.74 Å². The second kappa shape index (κ2) is 5.10. The number of likely N-dealkylation sites (N-methyl/N-ethyl adjacent to an activating group) is 1. The fraction of sp³-hybridized carbons (Fsp3) is 0.667. The molecular formula is C12H19NOS. The van der Waals surface area contributed by atoms with Crippen LogP contribution in [0.3, 0.4) is 0 Å². The van der Waals surface area contributed by atoms with Gasteiger partial charge in [0.25, 0.3) is 0 Å². The number of thiophene rings is 1. The maximum absolute atomic E-state index is 5.85. The SMILES string of the molecule is CNC(c1ccsc1C)C1CCCCO1. The molecule has 1 saturated heterocycles. The van der Waals surface area contributed by atoms with E-state index in [1.165, 1.54) is 29.7 Å². The van der Waals surface area contributed by atoms with Crippen LogP contribution in [0.15, 0.2) is 11.4 Å². The Hall–Kier alpha value is -0.380. The Balaban J connectivity index is 2.12. The van der Waals surface area contributed by atoms with Crippen molar-refractivity contribution in [1.29, 1.82) is 0 Å². The maximum Gasteiger partial charge on any atom is 0.0770 e. The molecule has 1 aliphatic rings. The topological polar surface area (TPSA) is 21.3 Å². The summed E-state index contributed by atoms with van der Waals surface area (Å²) in [6, 6.07) is 2.59. The van der Waals surface area contributed by atoms with Gasteiger partial charge in [-0.05, 0) is 50.2 Å². The fourth-order valence-electron chi connectivity index (χ4n) is 2.29. The summed E-state index contributed by atoms with van der Waals surface area (Å²) >= 11 is 1.82. The first-order valence-corrected chi connectivity index (χ1v) is 6.53. The lowest BCUT2D eigenvalue weighted by Crippen LogP contribution is -2.34. The van der Waals surface area contributed by atoms with Crippen LogP contribution < -0.4 is 5.32 Å². The number of rotatable bonds is 3. The molecule has 1 aromatic rings. The molecule has 2 unspecified atom stereocenters. The molecular weight excluding hydrogens is 206 g/mol. The molecule has 1 aromatic heterocycles. The summed E-state index contributed by atoms with van der Waals surface area (Å²) in [6.07, 6.45) is 4.06. The van der Waals surface area contributed by atoms with Gasteiger partial charge in [0.2, 0.25) is 0 Å². The summed E-state index contributed by atoms with van der Waals surface area (Å²) in [5, 5.41) is 5.56. The van der Waals surface area contributed by atoms with E-state index in [4.69, 9.17) is 4.74 Å². The van der Waals surface area contributed by atoms with Crippen molar-refractivity contribution in [3.05, 3.63) is 21.9 Å². The zero-order valence-electron chi connectivity index (χ0n) is 9.45. The van der Waals surface area contributed by atoms with E-state index in [9.17, 15) is 0 Å². The van der Waals surface area contributed by atoms with Crippen LogP contribution >= 0.6 is 11.3 Å². The predicted molar refractivity (Wildman–Crippen MR) is 64.4 cm³/mol. The lowest BCUT2D eigenvalue weighted by molar-refractivity contribution is -0.00664. The van der Waals surface area contributed by atoms with E-state index in [0.717, 1.165) is 6.61 Å². The summed E-state index contributed by atoms with van der Waals surface area (Å²) < 4.78 is 5.85. The van der Waals surface area contributed by atoms with Crippen molar-refractivity contribution in [2.24, 2.45) is 0 Å². The minimum Gasteiger partial charge on any atom is -0.376 e. The van der Waals surface area contributed by atoms with Crippen LogP contribution in [-0.4, -0.2) is 19.8 Å². The standard InChI is InChI=1S/C12H19NOS/c1-9-10(6-8-15-9)12(13-2)11-5-3-4-7-14-11/h6,8,11-13H,3-5,7H2,1-2H3. The van der Waals surface area contributed by atoms with Crippen LogP contribution in [0.2, 0.25) is 0 Å². The summed E-state index contributed by atoms with van der Waals surface area (Å²) in [6.45, 7) is 3.11. The van der Waals surface area contributed by atoms with Gasteiger partial charge < -0.3 is 10.1 Å². The molecule has 0 saturated carbocycles. The van der Waals surface area contributed by atoms with E-state index in [0.29, 0.717) is 12.1 Å². The third-order valence-corrected chi connectivity index (χ3v) is 3.99. The first-order valence-electron chi connectivity index (χ1n) is 5.66. The Labute approximate surface area is 95.6 Å². The van der Waals surface area contributed by atoms with Crippen molar-refractivity contribution in [2.75, 3.05) is 13.7 Å². The molecule has 2 nitrogen and oxygen atoms in total. The number of hydrogen-bond acceptors (Lipinski definition) is 3. The second-order valence-corrected chi connectivity index (χ2v) is 5.22. The lowest BCUT2D eigenvalue weighted by atomic mass is 9.96. The van der Waals surface area contributed by atoms with Gasteiger partial charge >= 0.3 is 0 Å². The molecule has 2 heterocycles. The zero-order chi connectivity index (χ0) is 10.7. The minimum absolute atomic E-state index is 0.358. The predicted octanol–water partition coefficient (Wildman–Crippen LogP) is 2.89. The second-order valence-electron chi connectivity index (χ2n) is 4.10. The van der Waals surface area contributed by atoms with Gasteiger partial charge in [-0.1, -0.05) is 0 Å². The average molecular weight is 225 g/mol. The Kier molecular flexibility index (Phi) is 3.78. The molecule has 1 fully saturated rings. The van der Waals surface area contributed by atoms with Crippen molar-refractivity contribution >= 4 is 11.3 Å². The van der Waals surface area contributed by atoms with Gasteiger partial charge in [-0.2, -0.15) is 0 Å². The molecule has 2 atom stereocenters. The highest BCUT2D eigenvalue weighted by Gasteiger charge is 2.25. The smallest absolute Gasteiger partial charge is 0.0770 e. The van der Waals surface area contributed by atoms with Crippen molar-refractivity contribution in [1.82, 2.24) is 5.32 Å².